The summed E-state index contributed by atoms with van der Waals surface area (Å²) < 4.78 is 4.49. The van der Waals surface area contributed by atoms with Crippen molar-refractivity contribution in [2.75, 3.05) is 6.54 Å². The molecule has 4 atom stereocenters. The zero-order valence-electron chi connectivity index (χ0n) is 22.3. The lowest BCUT2D eigenvalue weighted by molar-refractivity contribution is -0.134. The minimum absolute atomic E-state index is 0.0529. The number of aliphatic hydroxyl groups excluding tert-OH is 1. The van der Waals surface area contributed by atoms with E-state index in [9.17, 15) is 14.7 Å². The number of carbonyl (C=O) groups is 2. The number of β-amino-alcohol motifs (C(OH)–C–C–N with tert-alkyl or cyclic N) is 1. The van der Waals surface area contributed by atoms with Gasteiger partial charge in [0, 0.05) is 23.4 Å². The molecule has 12 heteroatoms. The number of amidine groups is 1. The molecular formula is C26H31B2N5O3S2. The van der Waals surface area contributed by atoms with Crippen LogP contribution in [0.15, 0.2) is 40.8 Å². The van der Waals surface area contributed by atoms with Gasteiger partial charge in [0.15, 0.2) is 0 Å². The third kappa shape index (κ3) is 4.74. The number of nitrogens with zero attached hydrogens (tertiary/aromatic N) is 4. The van der Waals surface area contributed by atoms with E-state index >= 15 is 0 Å². The predicted molar refractivity (Wildman–Crippen MR) is 156 cm³/mol. The topological polar surface area (TPSA) is 108 Å². The molecule has 0 saturated carbocycles. The Balaban J connectivity index is 1.39. The van der Waals surface area contributed by atoms with Crippen LogP contribution in [-0.2, 0) is 15.1 Å². The average molecular weight is 547 g/mol. The number of aliphatic imine (C=N–C) groups is 1. The van der Waals surface area contributed by atoms with E-state index in [4.69, 9.17) is 0 Å². The Hall–Kier alpha value is -2.82. The van der Waals surface area contributed by atoms with Crippen molar-refractivity contribution in [2.24, 2.45) is 10.9 Å². The summed E-state index contributed by atoms with van der Waals surface area (Å²) in [6.07, 6.45) is -0.351. The first-order chi connectivity index (χ1) is 18.1. The molecule has 1 saturated heterocycles. The Morgan fingerprint density at radius 2 is 2.05 bits per heavy atom. The van der Waals surface area contributed by atoms with Crippen molar-refractivity contribution >= 4 is 61.0 Å². The van der Waals surface area contributed by atoms with Crippen molar-refractivity contribution in [1.29, 1.82) is 0 Å². The third-order valence-electron chi connectivity index (χ3n) is 7.55. The van der Waals surface area contributed by atoms with Crippen LogP contribution in [0.2, 0.25) is 0 Å². The molecule has 0 spiro atoms. The van der Waals surface area contributed by atoms with Crippen LogP contribution in [0, 0.1) is 12.8 Å². The second-order valence-electron chi connectivity index (χ2n) is 10.6. The zero-order valence-corrected chi connectivity index (χ0v) is 23.9. The normalized spacial score (nSPS) is 24.0. The summed E-state index contributed by atoms with van der Waals surface area (Å²) in [7, 11) is 2.86. The van der Waals surface area contributed by atoms with Crippen LogP contribution in [0.5, 0.6) is 0 Å². The van der Waals surface area contributed by atoms with E-state index in [-0.39, 0.29) is 30.2 Å². The summed E-state index contributed by atoms with van der Waals surface area (Å²) in [6.45, 7) is 8.06. The first kappa shape index (κ1) is 26.8. The number of thiazole rings is 1. The van der Waals surface area contributed by atoms with Gasteiger partial charge < -0.3 is 15.3 Å². The van der Waals surface area contributed by atoms with Crippen molar-refractivity contribution in [3.63, 3.8) is 0 Å². The SMILES string of the molecule is BBc1cc(C(C(=O)N2CC(O)CC2C2=NC(=O)C(C)(c3ccc(-c4scnc4C)cc3)N2)C(C)C)sn1. The minimum atomic E-state index is -1.05. The number of hydrogen-bond acceptors (Lipinski definition) is 8. The van der Waals surface area contributed by atoms with Crippen LogP contribution < -0.4 is 10.9 Å². The van der Waals surface area contributed by atoms with Gasteiger partial charge in [-0.15, -0.1) is 11.3 Å². The van der Waals surface area contributed by atoms with Crippen LogP contribution in [0.25, 0.3) is 10.4 Å². The molecule has 2 aromatic heterocycles. The summed E-state index contributed by atoms with van der Waals surface area (Å²) in [5.74, 6) is -0.253. The highest BCUT2D eigenvalue weighted by Gasteiger charge is 2.48. The smallest absolute Gasteiger partial charge is 0.277 e. The number of likely N-dealkylation sites (tertiary alicyclic amines) is 1. The van der Waals surface area contributed by atoms with E-state index in [0.717, 1.165) is 39.3 Å². The van der Waals surface area contributed by atoms with E-state index < -0.39 is 17.7 Å². The number of amides is 2. The van der Waals surface area contributed by atoms with Gasteiger partial charge >= 0.3 is 0 Å². The minimum Gasteiger partial charge on any atom is -0.391 e. The van der Waals surface area contributed by atoms with Crippen LogP contribution in [0.4, 0.5) is 0 Å². The highest BCUT2D eigenvalue weighted by Crippen LogP contribution is 2.35. The maximum atomic E-state index is 13.9. The number of hydrogen-bond donors (Lipinski definition) is 2. The largest absolute Gasteiger partial charge is 0.391 e. The van der Waals surface area contributed by atoms with Gasteiger partial charge in [-0.3, -0.25) is 9.59 Å². The number of rotatable bonds is 7. The molecule has 2 aliphatic rings. The molecular weight excluding hydrogens is 516 g/mol. The molecule has 1 aromatic carbocycles. The number of aliphatic hydroxyl groups is 1. The van der Waals surface area contributed by atoms with Crippen molar-refractivity contribution in [1.82, 2.24) is 19.6 Å². The maximum absolute atomic E-state index is 13.9. The fourth-order valence-electron chi connectivity index (χ4n) is 5.32. The van der Waals surface area contributed by atoms with Gasteiger partial charge in [0.2, 0.25) is 5.91 Å². The lowest BCUT2D eigenvalue weighted by atomic mass is 9.53. The van der Waals surface area contributed by atoms with E-state index in [2.05, 4.69) is 19.7 Å². The average Bonchev–Trinajstić information content (AvgIpc) is 3.67. The Labute approximate surface area is 232 Å². The van der Waals surface area contributed by atoms with Gasteiger partial charge in [0.05, 0.1) is 41.9 Å². The second kappa shape index (κ2) is 10.4. The fourth-order valence-corrected chi connectivity index (χ4v) is 7.21. The third-order valence-corrected chi connectivity index (χ3v) is 9.44. The Morgan fingerprint density at radius 1 is 1.32 bits per heavy atom. The molecule has 196 valence electrons. The number of benzene rings is 1. The monoisotopic (exact) mass is 547 g/mol. The lowest BCUT2D eigenvalue weighted by Crippen LogP contribution is -2.51. The first-order valence-electron chi connectivity index (χ1n) is 13.0. The summed E-state index contributed by atoms with van der Waals surface area (Å²) in [4.78, 5) is 39.6. The van der Waals surface area contributed by atoms with Crippen LogP contribution in [-0.4, -0.2) is 70.6 Å². The number of nitrogens with one attached hydrogen (secondary N) is 1. The molecule has 0 bridgehead atoms. The van der Waals surface area contributed by atoms with E-state index in [0.29, 0.717) is 12.3 Å². The van der Waals surface area contributed by atoms with Crippen molar-refractivity contribution < 1.29 is 14.7 Å². The molecule has 4 unspecified atom stereocenters. The molecule has 2 aliphatic heterocycles. The molecule has 2 N–H and O–H groups in total. The molecule has 38 heavy (non-hydrogen) atoms. The van der Waals surface area contributed by atoms with E-state index in [1.54, 1.807) is 16.2 Å². The molecule has 5 rings (SSSR count). The van der Waals surface area contributed by atoms with E-state index in [1.807, 2.05) is 71.3 Å². The molecule has 1 fully saturated rings. The van der Waals surface area contributed by atoms with Crippen molar-refractivity contribution in [2.45, 2.75) is 57.7 Å². The van der Waals surface area contributed by atoms with Gasteiger partial charge in [-0.05, 0) is 48.5 Å². The quantitative estimate of drug-likeness (QED) is 0.433. The maximum Gasteiger partial charge on any atom is 0.277 e. The zero-order chi connectivity index (χ0) is 27.2. The van der Waals surface area contributed by atoms with Gasteiger partial charge in [-0.25, -0.2) is 9.36 Å². The Morgan fingerprint density at radius 3 is 2.66 bits per heavy atom. The molecule has 0 radical (unpaired) electrons. The van der Waals surface area contributed by atoms with Gasteiger partial charge in [0.1, 0.15) is 18.5 Å². The van der Waals surface area contributed by atoms with Crippen LogP contribution in [0.1, 0.15) is 49.2 Å². The molecule has 2 amide bonds. The molecule has 3 aromatic rings. The summed E-state index contributed by atoms with van der Waals surface area (Å²) in [5, 5.41) is 13.9. The van der Waals surface area contributed by atoms with Crippen molar-refractivity contribution in [3.8, 4) is 10.4 Å². The van der Waals surface area contributed by atoms with E-state index in [1.165, 1.54) is 11.5 Å². The number of aromatic nitrogens is 2. The van der Waals surface area contributed by atoms with Gasteiger partial charge in [-0.1, -0.05) is 38.1 Å². The van der Waals surface area contributed by atoms with Gasteiger partial charge in [-0.2, -0.15) is 4.99 Å². The highest BCUT2D eigenvalue weighted by atomic mass is 32.1. The summed E-state index contributed by atoms with van der Waals surface area (Å²) >= 11 is 2.95. The fraction of sp³-hybridized carbons (Fsp3) is 0.423. The van der Waals surface area contributed by atoms with Crippen molar-refractivity contribution in [3.05, 3.63) is 52.0 Å². The predicted octanol–water partition coefficient (Wildman–Crippen LogP) is 1.33. The highest BCUT2D eigenvalue weighted by molar-refractivity contribution is 7.13. The molecule has 4 heterocycles. The summed E-state index contributed by atoms with van der Waals surface area (Å²) in [5.41, 5.74) is 4.56. The summed E-state index contributed by atoms with van der Waals surface area (Å²) in [6, 6.07) is 9.38. The van der Waals surface area contributed by atoms with Gasteiger partial charge in [0.25, 0.3) is 5.91 Å². The van der Waals surface area contributed by atoms with Crippen LogP contribution in [0.3, 0.4) is 0 Å². The second-order valence-corrected chi connectivity index (χ2v) is 12.3. The lowest BCUT2D eigenvalue weighted by Gasteiger charge is -2.31. The number of aryl methyl sites for hydroxylation is 1. The number of carbonyl (C=O) groups excluding carboxylic acids is 2. The standard InChI is InChI=1S/C26H31B2N5O3S2/c1-13(2)21(19-10-20(28-27)32-38-19)24(35)33-11-17(34)9-18(33)23-30-25(36)26(4,31-23)16-7-5-15(6-8-16)22-14(3)29-12-37-22/h5-8,10,12-13,17-18,21,28,34H,9,11,27H2,1-4H3,(H,30,31,36). The Kier molecular flexibility index (Phi) is 7.32. The first-order valence-corrected chi connectivity index (χ1v) is 14.6. The molecule has 8 nitrogen and oxygen atoms in total. The van der Waals surface area contributed by atoms with Crippen LogP contribution >= 0.6 is 22.9 Å². The molecule has 0 aliphatic carbocycles. The Bertz CT molecular complexity index is 1390.